The van der Waals surface area contributed by atoms with Crippen molar-refractivity contribution in [1.82, 2.24) is 9.80 Å². The average molecular weight is 429 g/mol. The molecule has 5 nitrogen and oxygen atoms in total. The number of carbonyl (C=O) groups excluding carboxylic acids is 3. The van der Waals surface area contributed by atoms with Gasteiger partial charge in [-0.1, -0.05) is 0 Å². The molecule has 0 radical (unpaired) electrons. The van der Waals surface area contributed by atoms with Crippen LogP contribution in [0.2, 0.25) is 0 Å². The van der Waals surface area contributed by atoms with E-state index < -0.39 is 17.8 Å². The van der Waals surface area contributed by atoms with Crippen LogP contribution in [0, 0.1) is 5.41 Å². The van der Waals surface area contributed by atoms with Crippen LogP contribution in [0.3, 0.4) is 0 Å². The van der Waals surface area contributed by atoms with Crippen molar-refractivity contribution in [1.29, 1.82) is 0 Å². The summed E-state index contributed by atoms with van der Waals surface area (Å²) >= 11 is 0.0801. The van der Waals surface area contributed by atoms with Crippen LogP contribution in [0.1, 0.15) is 26.3 Å². The second-order valence-electron chi connectivity index (χ2n) is 7.64. The maximum absolute atomic E-state index is 12.8. The predicted octanol–water partition coefficient (Wildman–Crippen LogP) is 2.32. The van der Waals surface area contributed by atoms with Crippen molar-refractivity contribution in [3.8, 4) is 0 Å². The first kappa shape index (κ1) is 19.3. The van der Waals surface area contributed by atoms with E-state index in [9.17, 15) is 14.4 Å². The van der Waals surface area contributed by atoms with Gasteiger partial charge in [0, 0.05) is 0 Å². The third-order valence-corrected chi connectivity index (χ3v) is 6.56. The van der Waals surface area contributed by atoms with Gasteiger partial charge in [0.25, 0.3) is 0 Å². The van der Waals surface area contributed by atoms with Crippen molar-refractivity contribution in [2.24, 2.45) is 5.41 Å². The molecule has 140 valence electrons. The number of nitrogens with zero attached hydrogens (tertiary/aromatic N) is 2. The molecule has 0 aromatic heterocycles. The van der Waals surface area contributed by atoms with E-state index in [0.717, 1.165) is 24.3 Å². The summed E-state index contributed by atoms with van der Waals surface area (Å²) in [6, 6.07) is 7.21. The summed E-state index contributed by atoms with van der Waals surface area (Å²) in [7, 11) is 2.80. The summed E-state index contributed by atoms with van der Waals surface area (Å²) in [5, 5.41) is 0. The molecular formula is C21H22N2O3Se. The third kappa shape index (κ3) is 3.68. The molecule has 1 aromatic carbocycles. The van der Waals surface area contributed by atoms with Crippen molar-refractivity contribution in [2.75, 3.05) is 14.1 Å². The number of barbiturate groups is 1. The molecule has 2 heterocycles. The van der Waals surface area contributed by atoms with Gasteiger partial charge in [-0.15, -0.1) is 0 Å². The number of hydrogen-bond acceptors (Lipinski definition) is 3. The van der Waals surface area contributed by atoms with E-state index >= 15 is 0 Å². The van der Waals surface area contributed by atoms with Crippen LogP contribution in [0.5, 0.6) is 0 Å². The van der Waals surface area contributed by atoms with E-state index in [0.29, 0.717) is 5.57 Å². The number of carbonyl (C=O) groups is 3. The van der Waals surface area contributed by atoms with Gasteiger partial charge in [-0.3, -0.25) is 0 Å². The molecule has 0 aliphatic carbocycles. The standard InChI is InChI=1S/C21H22N2O3Se/c1-21(2,3)11-10-13-12-15(14-8-6-7-9-16(14)27-13)17-18(24)22(4)20(26)23(5)19(17)25/h6-12H,1-5H3/b11-10+. The predicted molar refractivity (Wildman–Crippen MR) is 106 cm³/mol. The molecule has 4 amide bonds. The Morgan fingerprint density at radius 1 is 0.963 bits per heavy atom. The SMILES string of the molecule is CN1C(=O)C(=C2C=C(/C=C/C(C)(C)C)[Se]c3ccccc32)C(=O)N(C)C1=O. The number of allylic oxidation sites excluding steroid dienone is 5. The van der Waals surface area contributed by atoms with E-state index in [-0.39, 0.29) is 25.9 Å². The zero-order chi connectivity index (χ0) is 19.9. The number of likely N-dealkylation sites (N-methyl/N-ethyl adjacent to an activating group) is 2. The Balaban J connectivity index is 2.21. The van der Waals surface area contributed by atoms with Crippen molar-refractivity contribution >= 4 is 42.8 Å². The summed E-state index contributed by atoms with van der Waals surface area (Å²) < 4.78 is 2.20. The number of amides is 4. The first-order chi connectivity index (χ1) is 12.6. The monoisotopic (exact) mass is 430 g/mol. The van der Waals surface area contributed by atoms with Gasteiger partial charge >= 0.3 is 165 Å². The van der Waals surface area contributed by atoms with Gasteiger partial charge in [-0.2, -0.15) is 0 Å². The van der Waals surface area contributed by atoms with Crippen LogP contribution in [0.4, 0.5) is 4.79 Å². The Kier molecular flexibility index (Phi) is 4.98. The maximum atomic E-state index is 12.8. The summed E-state index contributed by atoms with van der Waals surface area (Å²) in [6.07, 6.45) is 6.13. The Hall–Kier alpha value is -2.43. The normalized spacial score (nSPS) is 18.4. The first-order valence-corrected chi connectivity index (χ1v) is 10.3. The first-order valence-electron chi connectivity index (χ1n) is 8.62. The van der Waals surface area contributed by atoms with Gasteiger partial charge in [0.15, 0.2) is 0 Å². The van der Waals surface area contributed by atoms with Crippen molar-refractivity contribution in [2.45, 2.75) is 20.8 Å². The van der Waals surface area contributed by atoms with Crippen LogP contribution in [-0.4, -0.2) is 56.7 Å². The van der Waals surface area contributed by atoms with Crippen LogP contribution in [0.25, 0.3) is 5.57 Å². The number of hydrogen-bond donors (Lipinski definition) is 0. The van der Waals surface area contributed by atoms with Gasteiger partial charge < -0.3 is 0 Å². The molecule has 1 aromatic rings. The fraction of sp³-hybridized carbons (Fsp3) is 0.286. The van der Waals surface area contributed by atoms with Crippen molar-refractivity contribution in [3.05, 3.63) is 58.1 Å². The fourth-order valence-electron chi connectivity index (χ4n) is 2.83. The van der Waals surface area contributed by atoms with Crippen molar-refractivity contribution in [3.63, 3.8) is 0 Å². The Bertz CT molecular complexity index is 909. The second-order valence-corrected chi connectivity index (χ2v) is 9.98. The molecule has 0 atom stereocenters. The van der Waals surface area contributed by atoms with Gasteiger partial charge in [-0.25, -0.2) is 0 Å². The molecule has 1 fully saturated rings. The summed E-state index contributed by atoms with van der Waals surface area (Å²) in [4.78, 5) is 39.6. The van der Waals surface area contributed by atoms with Crippen LogP contribution < -0.4 is 4.46 Å². The Morgan fingerprint density at radius 2 is 1.56 bits per heavy atom. The molecule has 2 aliphatic heterocycles. The molecule has 27 heavy (non-hydrogen) atoms. The Labute approximate surface area is 165 Å². The zero-order valence-corrected chi connectivity index (χ0v) is 17.8. The van der Waals surface area contributed by atoms with E-state index in [1.54, 1.807) is 0 Å². The molecule has 0 saturated carbocycles. The topological polar surface area (TPSA) is 57.7 Å². The van der Waals surface area contributed by atoms with Gasteiger partial charge in [-0.05, 0) is 0 Å². The number of benzene rings is 1. The van der Waals surface area contributed by atoms with E-state index in [4.69, 9.17) is 0 Å². The second kappa shape index (κ2) is 6.95. The molecule has 1 saturated heterocycles. The molecule has 3 rings (SSSR count). The number of imide groups is 2. The average Bonchev–Trinajstić information content (AvgIpc) is 2.62. The quantitative estimate of drug-likeness (QED) is 0.391. The molecule has 0 N–H and O–H groups in total. The molecule has 6 heteroatoms. The fourth-order valence-corrected chi connectivity index (χ4v) is 4.93. The van der Waals surface area contributed by atoms with Crippen molar-refractivity contribution < 1.29 is 14.4 Å². The van der Waals surface area contributed by atoms with E-state index in [1.165, 1.54) is 14.1 Å². The minimum atomic E-state index is -0.612. The molecule has 0 unspecified atom stereocenters. The summed E-state index contributed by atoms with van der Waals surface area (Å²) in [5.41, 5.74) is 1.56. The Morgan fingerprint density at radius 3 is 2.15 bits per heavy atom. The number of fused-ring (bicyclic) bond motifs is 1. The molecule has 0 spiro atoms. The van der Waals surface area contributed by atoms with E-state index in [1.807, 2.05) is 30.3 Å². The van der Waals surface area contributed by atoms with E-state index in [2.05, 4.69) is 32.9 Å². The zero-order valence-electron chi connectivity index (χ0n) is 16.1. The number of rotatable bonds is 1. The number of urea groups is 1. The van der Waals surface area contributed by atoms with Gasteiger partial charge in [0.05, 0.1) is 0 Å². The van der Waals surface area contributed by atoms with Crippen LogP contribution >= 0.6 is 0 Å². The molecule has 2 aliphatic rings. The minimum absolute atomic E-state index is 0.0323. The van der Waals surface area contributed by atoms with Crippen LogP contribution in [-0.2, 0) is 9.59 Å². The molecule has 0 bridgehead atoms. The van der Waals surface area contributed by atoms with Gasteiger partial charge in [0.2, 0.25) is 0 Å². The van der Waals surface area contributed by atoms with Crippen LogP contribution in [0.15, 0.2) is 52.5 Å². The third-order valence-electron chi connectivity index (χ3n) is 4.32. The van der Waals surface area contributed by atoms with Gasteiger partial charge in [0.1, 0.15) is 0 Å². The summed E-state index contributed by atoms with van der Waals surface area (Å²) in [6.45, 7) is 6.37. The molecular weight excluding hydrogens is 407 g/mol. The summed E-state index contributed by atoms with van der Waals surface area (Å²) in [5.74, 6) is -1.12.